The normalized spacial score (nSPS) is 12.1. The van der Waals surface area contributed by atoms with Crippen molar-refractivity contribution in [3.05, 3.63) is 67.6 Å². The molecule has 0 aliphatic carbocycles. The molecular formula is C17H16ClFN4O2S. The Morgan fingerprint density at radius 2 is 2.04 bits per heavy atom. The molecule has 0 aliphatic heterocycles. The monoisotopic (exact) mass is 394 g/mol. The first-order chi connectivity index (χ1) is 12.4. The predicted molar refractivity (Wildman–Crippen MR) is 101 cm³/mol. The maximum absolute atomic E-state index is 13.0. The SMILES string of the molecule is C/C(Cl)=C/Cn1c(SCc2ccc(F)cc2)nc2c1c(=O)[nH]c(=O)n2C. The van der Waals surface area contributed by atoms with Gasteiger partial charge in [0.25, 0.3) is 5.56 Å². The molecule has 0 saturated heterocycles. The van der Waals surface area contributed by atoms with E-state index in [1.807, 2.05) is 0 Å². The number of benzene rings is 1. The Labute approximate surface area is 157 Å². The van der Waals surface area contributed by atoms with Gasteiger partial charge in [-0.15, -0.1) is 0 Å². The summed E-state index contributed by atoms with van der Waals surface area (Å²) in [5.74, 6) is 0.245. The molecule has 0 bridgehead atoms. The molecule has 0 spiro atoms. The van der Waals surface area contributed by atoms with Gasteiger partial charge in [-0.05, 0) is 24.6 Å². The molecule has 0 saturated carbocycles. The van der Waals surface area contributed by atoms with Crippen LogP contribution in [-0.2, 0) is 19.3 Å². The highest BCUT2D eigenvalue weighted by atomic mass is 35.5. The first-order valence-corrected chi connectivity index (χ1v) is 9.12. The Kier molecular flexibility index (Phi) is 5.33. The number of H-pyrrole nitrogens is 1. The largest absolute Gasteiger partial charge is 0.329 e. The van der Waals surface area contributed by atoms with Crippen LogP contribution in [0.2, 0.25) is 0 Å². The molecule has 26 heavy (non-hydrogen) atoms. The maximum Gasteiger partial charge on any atom is 0.329 e. The smallest absolute Gasteiger partial charge is 0.309 e. The molecule has 0 aliphatic rings. The number of aromatic nitrogens is 4. The fourth-order valence-electron chi connectivity index (χ4n) is 2.44. The van der Waals surface area contributed by atoms with E-state index in [9.17, 15) is 14.0 Å². The Hall–Kier alpha value is -2.32. The topological polar surface area (TPSA) is 72.7 Å². The highest BCUT2D eigenvalue weighted by Gasteiger charge is 2.17. The predicted octanol–water partition coefficient (Wildman–Crippen LogP) is 3.00. The van der Waals surface area contributed by atoms with Crippen molar-refractivity contribution >= 4 is 34.5 Å². The first-order valence-electron chi connectivity index (χ1n) is 7.76. The number of nitrogens with zero attached hydrogens (tertiary/aromatic N) is 3. The van der Waals surface area contributed by atoms with Crippen molar-refractivity contribution in [2.24, 2.45) is 7.05 Å². The van der Waals surface area contributed by atoms with Crippen LogP contribution in [-0.4, -0.2) is 19.1 Å². The zero-order chi connectivity index (χ0) is 18.8. The van der Waals surface area contributed by atoms with Crippen LogP contribution in [0.1, 0.15) is 12.5 Å². The molecule has 2 heterocycles. The van der Waals surface area contributed by atoms with Gasteiger partial charge >= 0.3 is 5.69 Å². The summed E-state index contributed by atoms with van der Waals surface area (Å²) in [7, 11) is 1.55. The molecule has 0 amide bonds. The van der Waals surface area contributed by atoms with Crippen molar-refractivity contribution in [2.75, 3.05) is 0 Å². The quantitative estimate of drug-likeness (QED) is 0.675. The van der Waals surface area contributed by atoms with Gasteiger partial charge in [0.2, 0.25) is 0 Å². The number of hydrogen-bond donors (Lipinski definition) is 1. The lowest BCUT2D eigenvalue weighted by Crippen LogP contribution is -2.29. The summed E-state index contributed by atoms with van der Waals surface area (Å²) < 4.78 is 16.1. The van der Waals surface area contributed by atoms with E-state index in [2.05, 4.69) is 9.97 Å². The van der Waals surface area contributed by atoms with Crippen molar-refractivity contribution in [3.63, 3.8) is 0 Å². The number of halogens is 2. The van der Waals surface area contributed by atoms with E-state index in [1.54, 1.807) is 36.7 Å². The molecule has 136 valence electrons. The second-order valence-corrected chi connectivity index (χ2v) is 7.24. The van der Waals surface area contributed by atoms with Crippen LogP contribution in [0.4, 0.5) is 4.39 Å². The van der Waals surface area contributed by atoms with Crippen LogP contribution in [0.3, 0.4) is 0 Å². The maximum atomic E-state index is 13.0. The zero-order valence-electron chi connectivity index (χ0n) is 14.1. The van der Waals surface area contributed by atoms with Gasteiger partial charge in [0.15, 0.2) is 16.3 Å². The second-order valence-electron chi connectivity index (χ2n) is 5.70. The summed E-state index contributed by atoms with van der Waals surface area (Å²) >= 11 is 7.32. The van der Waals surface area contributed by atoms with E-state index in [-0.39, 0.29) is 5.82 Å². The molecule has 9 heteroatoms. The van der Waals surface area contributed by atoms with Crippen molar-refractivity contribution in [2.45, 2.75) is 24.4 Å². The lowest BCUT2D eigenvalue weighted by molar-refractivity contribution is 0.627. The molecule has 3 rings (SSSR count). The van der Waals surface area contributed by atoms with Crippen molar-refractivity contribution in [3.8, 4) is 0 Å². The third-order valence-corrected chi connectivity index (χ3v) is 5.01. The molecule has 0 radical (unpaired) electrons. The average Bonchev–Trinajstić information content (AvgIpc) is 2.96. The number of thioether (sulfide) groups is 1. The van der Waals surface area contributed by atoms with Crippen LogP contribution >= 0.6 is 23.4 Å². The van der Waals surface area contributed by atoms with Gasteiger partial charge in [-0.2, -0.15) is 0 Å². The minimum absolute atomic E-state index is 0.296. The number of allylic oxidation sites excluding steroid dienone is 2. The Morgan fingerprint density at radius 3 is 2.69 bits per heavy atom. The van der Waals surface area contributed by atoms with Gasteiger partial charge in [0.1, 0.15) is 5.82 Å². The van der Waals surface area contributed by atoms with Crippen molar-refractivity contribution in [1.29, 1.82) is 0 Å². The van der Waals surface area contributed by atoms with E-state index >= 15 is 0 Å². The average molecular weight is 395 g/mol. The number of nitrogens with one attached hydrogen (secondary N) is 1. The number of fused-ring (bicyclic) bond motifs is 1. The third-order valence-electron chi connectivity index (χ3n) is 3.81. The van der Waals surface area contributed by atoms with Crippen LogP contribution in [0.25, 0.3) is 11.2 Å². The van der Waals surface area contributed by atoms with Gasteiger partial charge in [0, 0.05) is 24.4 Å². The second kappa shape index (κ2) is 7.51. The number of rotatable bonds is 5. The molecule has 0 fully saturated rings. The Bertz CT molecular complexity index is 1090. The van der Waals surface area contributed by atoms with E-state index in [0.29, 0.717) is 33.7 Å². The van der Waals surface area contributed by atoms with Crippen molar-refractivity contribution < 1.29 is 4.39 Å². The van der Waals surface area contributed by atoms with Gasteiger partial charge in [-0.1, -0.05) is 41.6 Å². The molecule has 6 nitrogen and oxygen atoms in total. The van der Waals surface area contributed by atoms with E-state index < -0.39 is 11.2 Å². The van der Waals surface area contributed by atoms with Gasteiger partial charge in [0.05, 0.1) is 0 Å². The summed E-state index contributed by atoms with van der Waals surface area (Å²) in [6.45, 7) is 2.09. The van der Waals surface area contributed by atoms with Gasteiger partial charge in [-0.25, -0.2) is 14.2 Å². The fraction of sp³-hybridized carbons (Fsp3) is 0.235. The Morgan fingerprint density at radius 1 is 1.35 bits per heavy atom. The van der Waals surface area contributed by atoms with Gasteiger partial charge in [-0.3, -0.25) is 14.3 Å². The number of aromatic amines is 1. The van der Waals surface area contributed by atoms with Gasteiger partial charge < -0.3 is 4.57 Å². The molecule has 3 aromatic rings. The Balaban J connectivity index is 2.06. The molecule has 2 aromatic heterocycles. The number of hydrogen-bond acceptors (Lipinski definition) is 4. The molecule has 1 aromatic carbocycles. The molecule has 0 atom stereocenters. The summed E-state index contributed by atoms with van der Waals surface area (Å²) in [6, 6.07) is 6.18. The fourth-order valence-corrected chi connectivity index (χ4v) is 3.47. The van der Waals surface area contributed by atoms with E-state index in [4.69, 9.17) is 11.6 Å². The highest BCUT2D eigenvalue weighted by molar-refractivity contribution is 7.98. The third kappa shape index (κ3) is 3.76. The van der Waals surface area contributed by atoms with Crippen LogP contribution in [0, 0.1) is 5.82 Å². The zero-order valence-corrected chi connectivity index (χ0v) is 15.7. The number of imidazole rings is 1. The minimum atomic E-state index is -0.522. The lowest BCUT2D eigenvalue weighted by atomic mass is 10.2. The molecule has 1 N–H and O–H groups in total. The van der Waals surface area contributed by atoms with E-state index in [0.717, 1.165) is 5.56 Å². The minimum Gasteiger partial charge on any atom is -0.309 e. The standard InChI is InChI=1S/C17H16ClFN4O2S/c1-10(18)7-8-23-13-14(22(2)16(25)21-15(13)24)20-17(23)26-9-11-3-5-12(19)6-4-11/h3-7H,8-9H2,1-2H3,(H,21,24,25)/b10-7-. The summed E-state index contributed by atoms with van der Waals surface area (Å²) in [6.07, 6.45) is 1.76. The highest BCUT2D eigenvalue weighted by Crippen LogP contribution is 2.25. The lowest BCUT2D eigenvalue weighted by Gasteiger charge is -2.06. The summed E-state index contributed by atoms with van der Waals surface area (Å²) in [5.41, 5.74) is 0.516. The number of aryl methyl sites for hydroxylation is 1. The van der Waals surface area contributed by atoms with Crippen molar-refractivity contribution in [1.82, 2.24) is 19.1 Å². The van der Waals surface area contributed by atoms with Crippen LogP contribution in [0.15, 0.2) is 50.1 Å². The molecule has 0 unspecified atom stereocenters. The summed E-state index contributed by atoms with van der Waals surface area (Å²) in [4.78, 5) is 30.9. The van der Waals surface area contributed by atoms with Crippen LogP contribution < -0.4 is 11.2 Å². The summed E-state index contributed by atoms with van der Waals surface area (Å²) in [5, 5.41) is 1.16. The first kappa shape index (κ1) is 18.5. The van der Waals surface area contributed by atoms with E-state index in [1.165, 1.54) is 28.5 Å². The molecular weight excluding hydrogens is 379 g/mol. The van der Waals surface area contributed by atoms with Crippen LogP contribution in [0.5, 0.6) is 0 Å².